The Morgan fingerprint density at radius 2 is 2.16 bits per heavy atom. The molecule has 0 saturated heterocycles. The molecule has 0 aliphatic heterocycles. The second kappa shape index (κ2) is 6.44. The van der Waals surface area contributed by atoms with Crippen LogP contribution in [-0.2, 0) is 26.6 Å². The average Bonchev–Trinajstić information content (AvgIpc) is 3.17. The smallest absolute Gasteiger partial charge is 0.123 e. The Morgan fingerprint density at radius 1 is 1.32 bits per heavy atom. The minimum Gasteiger partial charge on any atom is -0.392 e. The highest BCUT2D eigenvalue weighted by Crippen LogP contribution is 2.31. The quantitative estimate of drug-likeness (QED) is 0.749. The van der Waals surface area contributed by atoms with Gasteiger partial charge in [0.2, 0.25) is 0 Å². The summed E-state index contributed by atoms with van der Waals surface area (Å²) in [5.41, 5.74) is 2.67. The molecular formula is C19H21FN4O. The first-order valence-corrected chi connectivity index (χ1v) is 8.36. The van der Waals surface area contributed by atoms with E-state index in [9.17, 15) is 9.50 Å². The van der Waals surface area contributed by atoms with Crippen molar-refractivity contribution in [1.29, 1.82) is 0 Å². The molecule has 6 heteroatoms. The SMILES string of the molecule is [2H]C([2H])(O)c1cc(F)ccc1-c1nn(C)cc1Cc1cnn(CC2CC2)c1. The van der Waals surface area contributed by atoms with E-state index >= 15 is 0 Å². The molecule has 1 fully saturated rings. The van der Waals surface area contributed by atoms with Gasteiger partial charge in [0.15, 0.2) is 0 Å². The molecule has 1 aliphatic rings. The summed E-state index contributed by atoms with van der Waals surface area (Å²) >= 11 is 0. The van der Waals surface area contributed by atoms with Crippen molar-refractivity contribution in [3.05, 3.63) is 59.3 Å². The average molecular weight is 342 g/mol. The summed E-state index contributed by atoms with van der Waals surface area (Å²) in [5, 5.41) is 18.7. The third kappa shape index (κ3) is 3.49. The molecule has 5 nitrogen and oxygen atoms in total. The fourth-order valence-corrected chi connectivity index (χ4v) is 3.09. The monoisotopic (exact) mass is 342 g/mol. The van der Waals surface area contributed by atoms with Crippen LogP contribution in [-0.4, -0.2) is 24.7 Å². The summed E-state index contributed by atoms with van der Waals surface area (Å²) in [6.45, 7) is -1.73. The maximum absolute atomic E-state index is 13.6. The van der Waals surface area contributed by atoms with Gasteiger partial charge in [0.05, 0.1) is 21.2 Å². The first-order valence-electron chi connectivity index (χ1n) is 9.36. The molecule has 1 aliphatic carbocycles. The third-order valence-electron chi connectivity index (χ3n) is 4.49. The van der Waals surface area contributed by atoms with E-state index in [4.69, 9.17) is 2.74 Å². The van der Waals surface area contributed by atoms with Crippen LogP contribution in [0, 0.1) is 11.7 Å². The second-order valence-corrected chi connectivity index (χ2v) is 6.67. The lowest BCUT2D eigenvalue weighted by atomic mass is 9.99. The zero-order valence-electron chi connectivity index (χ0n) is 16.0. The van der Waals surface area contributed by atoms with E-state index in [1.165, 1.54) is 25.0 Å². The fraction of sp³-hybridized carbons (Fsp3) is 0.368. The van der Waals surface area contributed by atoms with Crippen molar-refractivity contribution >= 4 is 0 Å². The minimum absolute atomic E-state index is 0.133. The predicted octanol–water partition coefficient (Wildman–Crippen LogP) is 2.92. The Labute approximate surface area is 148 Å². The van der Waals surface area contributed by atoms with Crippen LogP contribution < -0.4 is 0 Å². The summed E-state index contributed by atoms with van der Waals surface area (Å²) in [6.07, 6.45) is 8.80. The molecule has 0 radical (unpaired) electrons. The van der Waals surface area contributed by atoms with Gasteiger partial charge in [-0.3, -0.25) is 9.36 Å². The molecular weight excluding hydrogens is 319 g/mol. The van der Waals surface area contributed by atoms with Crippen LogP contribution in [0.2, 0.25) is 0 Å². The molecule has 0 unspecified atom stereocenters. The lowest BCUT2D eigenvalue weighted by Gasteiger charge is -2.07. The van der Waals surface area contributed by atoms with Crippen LogP contribution in [0.1, 0.15) is 32.3 Å². The largest absolute Gasteiger partial charge is 0.392 e. The number of halogens is 1. The normalized spacial score (nSPS) is 16.0. The van der Waals surface area contributed by atoms with Gasteiger partial charge >= 0.3 is 0 Å². The predicted molar refractivity (Wildman–Crippen MR) is 92.3 cm³/mol. The van der Waals surface area contributed by atoms with Crippen molar-refractivity contribution in [3.8, 4) is 11.3 Å². The highest BCUT2D eigenvalue weighted by molar-refractivity contribution is 5.67. The maximum atomic E-state index is 13.6. The van der Waals surface area contributed by atoms with Gasteiger partial charge in [-0.1, -0.05) is 0 Å². The number of rotatable bonds is 6. The van der Waals surface area contributed by atoms with Gasteiger partial charge in [-0.2, -0.15) is 10.2 Å². The molecule has 0 spiro atoms. The highest BCUT2D eigenvalue weighted by atomic mass is 19.1. The van der Waals surface area contributed by atoms with Crippen molar-refractivity contribution < 1.29 is 12.2 Å². The molecule has 1 aromatic carbocycles. The van der Waals surface area contributed by atoms with E-state index in [1.54, 1.807) is 11.7 Å². The minimum atomic E-state index is -2.67. The third-order valence-corrected chi connectivity index (χ3v) is 4.49. The summed E-state index contributed by atoms with van der Waals surface area (Å²) < 4.78 is 32.5. The van der Waals surface area contributed by atoms with E-state index in [0.29, 0.717) is 17.7 Å². The summed E-state index contributed by atoms with van der Waals surface area (Å²) in [5.74, 6) is 0.130. The van der Waals surface area contributed by atoms with E-state index in [2.05, 4.69) is 10.2 Å². The van der Waals surface area contributed by atoms with Crippen LogP contribution in [0.4, 0.5) is 4.39 Å². The Hall–Kier alpha value is -2.47. The Balaban J connectivity index is 1.68. The van der Waals surface area contributed by atoms with Crippen molar-refractivity contribution in [3.63, 3.8) is 0 Å². The van der Waals surface area contributed by atoms with Gasteiger partial charge in [-0.05, 0) is 48.1 Å². The van der Waals surface area contributed by atoms with Gasteiger partial charge in [0.25, 0.3) is 0 Å². The first kappa shape index (κ1) is 13.8. The molecule has 0 amide bonds. The number of aryl methyl sites for hydroxylation is 1. The zero-order valence-corrected chi connectivity index (χ0v) is 14.0. The molecule has 2 heterocycles. The summed E-state index contributed by atoms with van der Waals surface area (Å²) in [6, 6.07) is 3.72. The highest BCUT2D eigenvalue weighted by Gasteiger charge is 2.22. The van der Waals surface area contributed by atoms with Crippen LogP contribution in [0.25, 0.3) is 11.3 Å². The Bertz CT molecular complexity index is 972. The molecule has 3 aromatic rings. The number of aromatic nitrogens is 4. The van der Waals surface area contributed by atoms with E-state index in [0.717, 1.165) is 29.7 Å². The van der Waals surface area contributed by atoms with Crippen molar-refractivity contribution in [1.82, 2.24) is 19.6 Å². The first-order chi connectivity index (χ1) is 12.8. The summed E-state index contributed by atoms with van der Waals surface area (Å²) in [4.78, 5) is 0. The maximum Gasteiger partial charge on any atom is 0.123 e. The number of aliphatic hydroxyl groups is 1. The second-order valence-electron chi connectivity index (χ2n) is 6.67. The number of benzene rings is 1. The Kier molecular flexibility index (Phi) is 3.55. The van der Waals surface area contributed by atoms with Gasteiger partial charge in [-0.25, -0.2) is 4.39 Å². The van der Waals surface area contributed by atoms with Crippen LogP contribution >= 0.6 is 0 Å². The molecule has 2 aromatic heterocycles. The molecule has 0 bridgehead atoms. The van der Waals surface area contributed by atoms with Crippen molar-refractivity contribution in [2.75, 3.05) is 0 Å². The molecule has 25 heavy (non-hydrogen) atoms. The summed E-state index contributed by atoms with van der Waals surface area (Å²) in [7, 11) is 1.78. The van der Waals surface area contributed by atoms with Crippen molar-refractivity contribution in [2.24, 2.45) is 13.0 Å². The van der Waals surface area contributed by atoms with Gasteiger partial charge in [-0.15, -0.1) is 0 Å². The molecule has 130 valence electrons. The lowest BCUT2D eigenvalue weighted by molar-refractivity contribution is 0.281. The number of hydrogen-bond donors (Lipinski definition) is 1. The number of hydrogen-bond acceptors (Lipinski definition) is 3. The Morgan fingerprint density at radius 3 is 2.92 bits per heavy atom. The van der Waals surface area contributed by atoms with Gasteiger partial charge < -0.3 is 5.11 Å². The lowest BCUT2D eigenvalue weighted by Crippen LogP contribution is -1.99. The fourth-order valence-electron chi connectivity index (χ4n) is 3.09. The zero-order chi connectivity index (χ0) is 19.2. The standard InChI is InChI=1S/C19H21FN4O/c1-23-11-15(6-14-8-21-24(10-14)9-13-2-3-13)19(22-23)18-5-4-17(20)7-16(18)12-25/h4-5,7-8,10-11,13,25H,2-3,6,9,12H2,1H3/i12D2. The van der Waals surface area contributed by atoms with Gasteiger partial charge in [0, 0.05) is 43.5 Å². The van der Waals surface area contributed by atoms with Crippen molar-refractivity contribution in [2.45, 2.75) is 32.4 Å². The molecule has 4 rings (SSSR count). The van der Waals surface area contributed by atoms with E-state index < -0.39 is 12.4 Å². The van der Waals surface area contributed by atoms with Crippen LogP contribution in [0.15, 0.2) is 36.8 Å². The topological polar surface area (TPSA) is 55.9 Å². The number of nitrogens with zero attached hydrogens (tertiary/aromatic N) is 4. The van der Waals surface area contributed by atoms with Crippen LogP contribution in [0.3, 0.4) is 0 Å². The molecule has 0 atom stereocenters. The molecule has 1 saturated carbocycles. The van der Waals surface area contributed by atoms with Crippen LogP contribution in [0.5, 0.6) is 0 Å². The molecule has 1 N–H and O–H groups in total. The van der Waals surface area contributed by atoms with E-state index in [1.807, 2.05) is 23.3 Å². The van der Waals surface area contributed by atoms with Gasteiger partial charge in [0.1, 0.15) is 5.82 Å². The van der Waals surface area contributed by atoms with E-state index in [-0.39, 0.29) is 5.56 Å².